The van der Waals surface area contributed by atoms with Gasteiger partial charge in [-0.15, -0.1) is 0 Å². The number of anilines is 1. The molecule has 2 amide bonds. The predicted molar refractivity (Wildman–Crippen MR) is 111 cm³/mol. The second-order valence-corrected chi connectivity index (χ2v) is 6.37. The van der Waals surface area contributed by atoms with Gasteiger partial charge in [-0.2, -0.15) is 5.10 Å². The number of amides is 2. The lowest BCUT2D eigenvalue weighted by molar-refractivity contribution is -0.136. The Morgan fingerprint density at radius 2 is 1.80 bits per heavy atom. The van der Waals surface area contributed by atoms with Crippen LogP contribution in [-0.2, 0) is 14.3 Å². The minimum Gasteiger partial charge on any atom is -0.465 e. The van der Waals surface area contributed by atoms with Gasteiger partial charge in [0.05, 0.1) is 18.9 Å². The molecule has 2 aromatic carbocycles. The Bertz CT molecular complexity index is 1110. The second kappa shape index (κ2) is 9.53. The summed E-state index contributed by atoms with van der Waals surface area (Å²) in [4.78, 5) is 35.2. The van der Waals surface area contributed by atoms with Crippen molar-refractivity contribution in [2.75, 3.05) is 12.4 Å². The van der Waals surface area contributed by atoms with E-state index in [0.29, 0.717) is 27.8 Å². The number of carbonyl (C=O) groups is 3. The molecule has 0 atom stereocenters. The lowest BCUT2D eigenvalue weighted by Gasteiger charge is -2.04. The van der Waals surface area contributed by atoms with Gasteiger partial charge < -0.3 is 14.5 Å². The number of hydrazone groups is 1. The standard InChI is InChI=1S/C21H16ClN3O5/c1-29-21(28)13-5-7-16(8-6-13)24-19(26)20(27)25-23-12-17-9-10-18(30-17)14-3-2-4-15(22)11-14/h2-12H,1H3,(H,24,26)(H,25,27)/b23-12+. The van der Waals surface area contributed by atoms with Crippen molar-refractivity contribution in [3.63, 3.8) is 0 Å². The summed E-state index contributed by atoms with van der Waals surface area (Å²) in [6.07, 6.45) is 1.27. The van der Waals surface area contributed by atoms with Crippen molar-refractivity contribution in [1.29, 1.82) is 0 Å². The van der Waals surface area contributed by atoms with Crippen LogP contribution in [0.25, 0.3) is 11.3 Å². The monoisotopic (exact) mass is 425 g/mol. The van der Waals surface area contributed by atoms with Gasteiger partial charge >= 0.3 is 17.8 Å². The number of hydrogen-bond donors (Lipinski definition) is 2. The Labute approximate surface area is 176 Å². The molecule has 0 fully saturated rings. The summed E-state index contributed by atoms with van der Waals surface area (Å²) in [5.41, 5.74) is 3.56. The molecule has 8 nitrogen and oxygen atoms in total. The van der Waals surface area contributed by atoms with Crippen LogP contribution in [0.5, 0.6) is 0 Å². The zero-order valence-corrected chi connectivity index (χ0v) is 16.5. The summed E-state index contributed by atoms with van der Waals surface area (Å²) in [5.74, 6) is -1.43. The Morgan fingerprint density at radius 3 is 2.50 bits per heavy atom. The first-order chi connectivity index (χ1) is 14.5. The molecule has 0 aliphatic heterocycles. The first-order valence-electron chi connectivity index (χ1n) is 8.65. The number of nitrogens with one attached hydrogen (secondary N) is 2. The molecule has 0 saturated carbocycles. The quantitative estimate of drug-likeness (QED) is 0.281. The highest BCUT2D eigenvalue weighted by Crippen LogP contribution is 2.24. The molecule has 152 valence electrons. The van der Waals surface area contributed by atoms with Crippen LogP contribution in [-0.4, -0.2) is 31.1 Å². The number of nitrogens with zero attached hydrogens (tertiary/aromatic N) is 1. The Kier molecular flexibility index (Phi) is 6.61. The molecule has 0 aliphatic rings. The average Bonchev–Trinajstić information content (AvgIpc) is 3.22. The van der Waals surface area contributed by atoms with Crippen molar-refractivity contribution in [1.82, 2.24) is 5.43 Å². The van der Waals surface area contributed by atoms with Crippen LogP contribution in [0.1, 0.15) is 16.1 Å². The molecular formula is C21H16ClN3O5. The maximum absolute atomic E-state index is 11.9. The van der Waals surface area contributed by atoms with Crippen LogP contribution in [0.2, 0.25) is 5.02 Å². The molecule has 0 aliphatic carbocycles. The molecule has 0 unspecified atom stereocenters. The zero-order valence-electron chi connectivity index (χ0n) is 15.7. The van der Waals surface area contributed by atoms with Crippen LogP contribution < -0.4 is 10.7 Å². The largest absolute Gasteiger partial charge is 0.465 e. The molecule has 0 radical (unpaired) electrons. The predicted octanol–water partition coefficient (Wildman–Crippen LogP) is 3.48. The van der Waals surface area contributed by atoms with E-state index >= 15 is 0 Å². The second-order valence-electron chi connectivity index (χ2n) is 5.93. The number of halogens is 1. The van der Waals surface area contributed by atoms with E-state index in [0.717, 1.165) is 5.56 Å². The third-order valence-electron chi connectivity index (χ3n) is 3.86. The van der Waals surface area contributed by atoms with Crippen molar-refractivity contribution in [2.45, 2.75) is 0 Å². The molecule has 0 saturated heterocycles. The number of methoxy groups -OCH3 is 1. The van der Waals surface area contributed by atoms with E-state index in [-0.39, 0.29) is 0 Å². The van der Waals surface area contributed by atoms with Gasteiger partial charge in [-0.3, -0.25) is 9.59 Å². The van der Waals surface area contributed by atoms with Crippen LogP contribution >= 0.6 is 11.6 Å². The van der Waals surface area contributed by atoms with Crippen molar-refractivity contribution in [3.05, 3.63) is 77.0 Å². The van der Waals surface area contributed by atoms with Gasteiger partial charge in [0.25, 0.3) is 0 Å². The molecule has 1 heterocycles. The van der Waals surface area contributed by atoms with Gasteiger partial charge in [0.15, 0.2) is 0 Å². The molecule has 3 rings (SSSR count). The van der Waals surface area contributed by atoms with Crippen molar-refractivity contribution >= 4 is 41.3 Å². The maximum Gasteiger partial charge on any atom is 0.337 e. The minimum absolute atomic E-state index is 0.320. The molecule has 30 heavy (non-hydrogen) atoms. The molecule has 3 aromatic rings. The highest BCUT2D eigenvalue weighted by Gasteiger charge is 2.13. The number of rotatable bonds is 5. The van der Waals surface area contributed by atoms with Gasteiger partial charge in [0.1, 0.15) is 11.5 Å². The first kappa shape index (κ1) is 20.8. The van der Waals surface area contributed by atoms with E-state index in [1.807, 2.05) is 6.07 Å². The highest BCUT2D eigenvalue weighted by molar-refractivity contribution is 6.39. The zero-order chi connectivity index (χ0) is 21.5. The molecule has 2 N–H and O–H groups in total. The topological polar surface area (TPSA) is 110 Å². The third-order valence-corrected chi connectivity index (χ3v) is 4.10. The number of furan rings is 1. The Hall–Kier alpha value is -3.91. The number of hydrogen-bond acceptors (Lipinski definition) is 6. The SMILES string of the molecule is COC(=O)c1ccc(NC(=O)C(=O)N/N=C/c2ccc(-c3cccc(Cl)c3)o2)cc1. The fraction of sp³-hybridized carbons (Fsp3) is 0.0476. The number of benzene rings is 2. The van der Waals surface area contributed by atoms with E-state index < -0.39 is 17.8 Å². The first-order valence-corrected chi connectivity index (χ1v) is 9.02. The number of ether oxygens (including phenoxy) is 1. The van der Waals surface area contributed by atoms with Crippen LogP contribution in [0.4, 0.5) is 5.69 Å². The van der Waals surface area contributed by atoms with Crippen LogP contribution in [0.3, 0.4) is 0 Å². The lowest BCUT2D eigenvalue weighted by atomic mass is 10.2. The minimum atomic E-state index is -0.968. The summed E-state index contributed by atoms with van der Waals surface area (Å²) in [7, 11) is 1.27. The van der Waals surface area contributed by atoms with E-state index in [1.54, 1.807) is 30.3 Å². The lowest BCUT2D eigenvalue weighted by Crippen LogP contribution is -2.32. The Morgan fingerprint density at radius 1 is 1.03 bits per heavy atom. The van der Waals surface area contributed by atoms with Crippen molar-refractivity contribution < 1.29 is 23.5 Å². The number of esters is 1. The van der Waals surface area contributed by atoms with Crippen molar-refractivity contribution in [2.24, 2.45) is 5.10 Å². The third kappa shape index (κ3) is 5.33. The van der Waals surface area contributed by atoms with Crippen LogP contribution in [0, 0.1) is 0 Å². The average molecular weight is 426 g/mol. The van der Waals surface area contributed by atoms with Crippen molar-refractivity contribution in [3.8, 4) is 11.3 Å². The van der Waals surface area contributed by atoms with E-state index in [1.165, 1.54) is 37.6 Å². The summed E-state index contributed by atoms with van der Waals surface area (Å²) in [6, 6.07) is 16.4. The van der Waals surface area contributed by atoms with E-state index in [2.05, 4.69) is 20.6 Å². The summed E-state index contributed by atoms with van der Waals surface area (Å²) in [6.45, 7) is 0. The molecule has 9 heteroatoms. The maximum atomic E-state index is 11.9. The van der Waals surface area contributed by atoms with Gasteiger partial charge in [-0.1, -0.05) is 23.7 Å². The number of carbonyl (C=O) groups excluding carboxylic acids is 3. The summed E-state index contributed by atoms with van der Waals surface area (Å²) >= 11 is 5.96. The highest BCUT2D eigenvalue weighted by atomic mass is 35.5. The summed E-state index contributed by atoms with van der Waals surface area (Å²) in [5, 5.41) is 6.68. The fourth-order valence-corrected chi connectivity index (χ4v) is 2.61. The molecule has 0 spiro atoms. The smallest absolute Gasteiger partial charge is 0.337 e. The Balaban J connectivity index is 1.54. The van der Waals surface area contributed by atoms with Crippen LogP contribution in [0.15, 0.2) is 70.2 Å². The molecular weight excluding hydrogens is 410 g/mol. The molecule has 1 aromatic heterocycles. The fourth-order valence-electron chi connectivity index (χ4n) is 2.42. The van der Waals surface area contributed by atoms with E-state index in [9.17, 15) is 14.4 Å². The van der Waals surface area contributed by atoms with Gasteiger partial charge in [-0.25, -0.2) is 10.2 Å². The normalized spacial score (nSPS) is 10.6. The van der Waals surface area contributed by atoms with Gasteiger partial charge in [-0.05, 0) is 48.5 Å². The summed E-state index contributed by atoms with van der Waals surface area (Å²) < 4.78 is 10.2. The van der Waals surface area contributed by atoms with Gasteiger partial charge in [0.2, 0.25) is 0 Å². The van der Waals surface area contributed by atoms with Gasteiger partial charge in [0, 0.05) is 16.3 Å². The van der Waals surface area contributed by atoms with E-state index in [4.69, 9.17) is 16.0 Å². The molecule has 0 bridgehead atoms.